The number of aromatic nitrogens is 3. The summed E-state index contributed by atoms with van der Waals surface area (Å²) in [4.78, 5) is 30.1. The fraction of sp³-hybridized carbons (Fsp3) is 0.222. The van der Waals surface area contributed by atoms with Crippen molar-refractivity contribution in [3.05, 3.63) is 57.6 Å². The van der Waals surface area contributed by atoms with E-state index < -0.39 is 0 Å². The number of rotatable bonds is 6. The monoisotopic (exact) mass is 460 g/mol. The average Bonchev–Trinajstić information content (AvgIpc) is 3.39. The molecule has 1 aliphatic rings. The molecule has 0 spiro atoms. The fourth-order valence-electron chi connectivity index (χ4n) is 2.83. The average molecular weight is 461 g/mol. The van der Waals surface area contributed by atoms with Crippen molar-refractivity contribution in [1.29, 1.82) is 0 Å². The van der Waals surface area contributed by atoms with E-state index in [2.05, 4.69) is 36.6 Å². The lowest BCUT2D eigenvalue weighted by atomic mass is 10.2. The van der Waals surface area contributed by atoms with Gasteiger partial charge in [-0.1, -0.05) is 28.1 Å². The van der Waals surface area contributed by atoms with Crippen molar-refractivity contribution < 1.29 is 9.59 Å². The number of benzene rings is 1. The van der Waals surface area contributed by atoms with Gasteiger partial charge in [0, 0.05) is 29.0 Å². The van der Waals surface area contributed by atoms with Crippen LogP contribution in [0, 0.1) is 0 Å². The fourth-order valence-corrected chi connectivity index (χ4v) is 3.95. The van der Waals surface area contributed by atoms with Gasteiger partial charge in [-0.05, 0) is 17.7 Å². The molecule has 1 aromatic carbocycles. The summed E-state index contributed by atoms with van der Waals surface area (Å²) in [6, 6.07) is 9.56. The molecule has 0 atom stereocenters. The van der Waals surface area contributed by atoms with Crippen LogP contribution < -0.4 is 15.5 Å². The molecule has 28 heavy (non-hydrogen) atoms. The third-order valence-corrected chi connectivity index (χ3v) is 5.64. The zero-order valence-corrected chi connectivity index (χ0v) is 17.2. The molecular formula is C18H17BrN6O2S. The minimum atomic E-state index is -0.180. The number of thiazole rings is 1. The minimum absolute atomic E-state index is 0.134. The number of urea groups is 1. The van der Waals surface area contributed by atoms with Crippen LogP contribution in [0.4, 0.5) is 15.7 Å². The topological polar surface area (TPSA) is 92.2 Å². The van der Waals surface area contributed by atoms with Gasteiger partial charge in [-0.3, -0.25) is 9.69 Å². The quantitative estimate of drug-likeness (QED) is 0.591. The first-order valence-corrected chi connectivity index (χ1v) is 10.3. The van der Waals surface area contributed by atoms with Gasteiger partial charge in [-0.15, -0.1) is 11.3 Å². The molecule has 0 radical (unpaired) electrons. The van der Waals surface area contributed by atoms with E-state index in [4.69, 9.17) is 0 Å². The Bertz CT molecular complexity index is 1000. The molecule has 144 valence electrons. The maximum absolute atomic E-state index is 12.4. The van der Waals surface area contributed by atoms with E-state index in [0.717, 1.165) is 10.0 Å². The number of nitrogens with one attached hydrogen (secondary N) is 2. The molecule has 1 aliphatic heterocycles. The summed E-state index contributed by atoms with van der Waals surface area (Å²) in [6.07, 6.45) is 1.79. The SMILES string of the molecule is O=C(Cc1csc(N2CCNC2=O)n1)Nc1ccnn1Cc1ccc(Br)cc1. The highest BCUT2D eigenvalue weighted by atomic mass is 79.9. The lowest BCUT2D eigenvalue weighted by Crippen LogP contribution is -2.27. The van der Waals surface area contributed by atoms with Crippen molar-refractivity contribution in [3.8, 4) is 0 Å². The second-order valence-corrected chi connectivity index (χ2v) is 7.98. The Morgan fingerprint density at radius 2 is 2.11 bits per heavy atom. The van der Waals surface area contributed by atoms with Crippen molar-refractivity contribution in [2.45, 2.75) is 13.0 Å². The summed E-state index contributed by atoms with van der Waals surface area (Å²) >= 11 is 4.78. The molecule has 0 saturated carbocycles. The van der Waals surface area contributed by atoms with Gasteiger partial charge in [0.15, 0.2) is 5.13 Å². The molecule has 10 heteroatoms. The molecule has 3 amide bonds. The van der Waals surface area contributed by atoms with Crippen LogP contribution in [0.5, 0.6) is 0 Å². The first kappa shape index (κ1) is 18.6. The molecular weight excluding hydrogens is 444 g/mol. The first-order valence-electron chi connectivity index (χ1n) is 8.64. The van der Waals surface area contributed by atoms with Gasteiger partial charge in [0.25, 0.3) is 0 Å². The van der Waals surface area contributed by atoms with Crippen LogP contribution in [0.25, 0.3) is 0 Å². The lowest BCUT2D eigenvalue weighted by molar-refractivity contribution is -0.115. The van der Waals surface area contributed by atoms with Crippen molar-refractivity contribution >= 4 is 50.2 Å². The first-order chi connectivity index (χ1) is 13.6. The van der Waals surface area contributed by atoms with E-state index >= 15 is 0 Å². The van der Waals surface area contributed by atoms with Crippen molar-refractivity contribution in [2.75, 3.05) is 23.3 Å². The van der Waals surface area contributed by atoms with Crippen molar-refractivity contribution in [3.63, 3.8) is 0 Å². The zero-order chi connectivity index (χ0) is 19.5. The Labute approximate surface area is 173 Å². The van der Waals surface area contributed by atoms with Gasteiger partial charge in [0.05, 0.1) is 24.9 Å². The number of carbonyl (C=O) groups excluding carboxylic acids is 2. The number of halogens is 1. The van der Waals surface area contributed by atoms with Crippen molar-refractivity contribution in [1.82, 2.24) is 20.1 Å². The largest absolute Gasteiger partial charge is 0.336 e. The molecule has 4 rings (SSSR count). The Balaban J connectivity index is 1.38. The number of anilines is 2. The molecule has 1 fully saturated rings. The number of amides is 3. The van der Waals surface area contributed by atoms with Gasteiger partial charge in [0.2, 0.25) is 5.91 Å². The van der Waals surface area contributed by atoms with E-state index in [-0.39, 0.29) is 18.4 Å². The summed E-state index contributed by atoms with van der Waals surface area (Å²) in [5.74, 6) is 0.447. The normalized spacial score (nSPS) is 13.6. The Morgan fingerprint density at radius 3 is 2.86 bits per heavy atom. The standard InChI is InChI=1S/C18H17BrN6O2S/c19-13-3-1-12(2-4-13)10-25-15(5-6-21-25)23-16(26)9-14-11-28-18(22-14)24-8-7-20-17(24)27/h1-6,11H,7-10H2,(H,20,27)(H,23,26). The third-order valence-electron chi connectivity index (χ3n) is 4.20. The highest BCUT2D eigenvalue weighted by Crippen LogP contribution is 2.22. The molecule has 2 N–H and O–H groups in total. The van der Waals surface area contributed by atoms with Crippen LogP contribution in [0.2, 0.25) is 0 Å². The van der Waals surface area contributed by atoms with Crippen LogP contribution in [0.15, 0.2) is 46.4 Å². The molecule has 0 bridgehead atoms. The molecule has 1 saturated heterocycles. The highest BCUT2D eigenvalue weighted by molar-refractivity contribution is 9.10. The Hall–Kier alpha value is -2.72. The maximum Gasteiger partial charge on any atom is 0.323 e. The van der Waals surface area contributed by atoms with Gasteiger partial charge >= 0.3 is 6.03 Å². The maximum atomic E-state index is 12.4. The summed E-state index contributed by atoms with van der Waals surface area (Å²) in [5, 5.41) is 12.3. The number of hydrogen-bond acceptors (Lipinski definition) is 5. The van der Waals surface area contributed by atoms with E-state index in [1.54, 1.807) is 27.2 Å². The van der Waals surface area contributed by atoms with Gasteiger partial charge in [0.1, 0.15) is 5.82 Å². The van der Waals surface area contributed by atoms with Crippen molar-refractivity contribution in [2.24, 2.45) is 0 Å². The molecule has 3 aromatic rings. The summed E-state index contributed by atoms with van der Waals surface area (Å²) in [6.45, 7) is 1.75. The molecule has 0 aliphatic carbocycles. The summed E-state index contributed by atoms with van der Waals surface area (Å²) < 4.78 is 2.75. The third kappa shape index (κ3) is 4.23. The summed E-state index contributed by atoms with van der Waals surface area (Å²) in [5.41, 5.74) is 1.71. The number of carbonyl (C=O) groups is 2. The number of hydrogen-bond donors (Lipinski definition) is 2. The minimum Gasteiger partial charge on any atom is -0.336 e. The van der Waals surface area contributed by atoms with Gasteiger partial charge < -0.3 is 10.6 Å². The smallest absolute Gasteiger partial charge is 0.323 e. The van der Waals surface area contributed by atoms with Gasteiger partial charge in [-0.2, -0.15) is 5.10 Å². The van der Waals surface area contributed by atoms with Crippen LogP contribution in [0.1, 0.15) is 11.3 Å². The van der Waals surface area contributed by atoms with Crippen LogP contribution in [-0.4, -0.2) is 39.8 Å². The van der Waals surface area contributed by atoms with Crippen LogP contribution >= 0.6 is 27.3 Å². The highest BCUT2D eigenvalue weighted by Gasteiger charge is 2.24. The molecule has 0 unspecified atom stereocenters. The Morgan fingerprint density at radius 1 is 1.29 bits per heavy atom. The second-order valence-electron chi connectivity index (χ2n) is 6.23. The number of nitrogens with zero attached hydrogens (tertiary/aromatic N) is 4. The molecule has 8 nitrogen and oxygen atoms in total. The predicted molar refractivity (Wildman–Crippen MR) is 111 cm³/mol. The van der Waals surface area contributed by atoms with Gasteiger partial charge in [-0.25, -0.2) is 14.5 Å². The molecule has 2 aromatic heterocycles. The van der Waals surface area contributed by atoms with Crippen LogP contribution in [0.3, 0.4) is 0 Å². The van der Waals surface area contributed by atoms with E-state index in [1.165, 1.54) is 11.3 Å². The molecule has 3 heterocycles. The van der Waals surface area contributed by atoms with E-state index in [1.807, 2.05) is 24.3 Å². The predicted octanol–water partition coefficient (Wildman–Crippen LogP) is 2.86. The Kier molecular flexibility index (Phi) is 5.40. The second kappa shape index (κ2) is 8.11. The summed E-state index contributed by atoms with van der Waals surface area (Å²) in [7, 11) is 0. The zero-order valence-electron chi connectivity index (χ0n) is 14.8. The van der Waals surface area contributed by atoms with E-state index in [0.29, 0.717) is 36.3 Å². The van der Waals surface area contributed by atoms with Crippen LogP contribution in [-0.2, 0) is 17.8 Å². The van der Waals surface area contributed by atoms with E-state index in [9.17, 15) is 9.59 Å². The lowest BCUT2D eigenvalue weighted by Gasteiger charge is -2.09.